The summed E-state index contributed by atoms with van der Waals surface area (Å²) in [5.41, 5.74) is 5.38. The molecule has 8 nitrogen and oxygen atoms in total. The number of alkyl carbamates (subject to hydrolysis) is 1. The first kappa shape index (κ1) is 21.5. The lowest BCUT2D eigenvalue weighted by molar-refractivity contribution is 0.0377. The van der Waals surface area contributed by atoms with Gasteiger partial charge in [0.05, 0.1) is 13.2 Å². The normalized spacial score (nSPS) is 16.5. The van der Waals surface area contributed by atoms with Crippen molar-refractivity contribution in [2.45, 2.75) is 45.6 Å². The van der Waals surface area contributed by atoms with Crippen LogP contribution in [-0.2, 0) is 9.47 Å². The van der Waals surface area contributed by atoms with E-state index in [9.17, 15) is 4.79 Å². The van der Waals surface area contributed by atoms with Crippen LogP contribution < -0.4 is 16.4 Å². The number of unbranched alkanes of at least 4 members (excludes halogenated alkanes) is 1. The molecule has 0 unspecified atom stereocenters. The number of aliphatic imine (C=N–C) groups is 1. The van der Waals surface area contributed by atoms with Crippen molar-refractivity contribution < 1.29 is 14.3 Å². The molecule has 1 amide bonds. The summed E-state index contributed by atoms with van der Waals surface area (Å²) in [7, 11) is 0. The SMILES string of the molecule is CC(C)(C)OC(=O)NCCCCNC(N)=NCCCN1CCOCC1. The zero-order chi connectivity index (χ0) is 18.5. The Morgan fingerprint density at radius 3 is 2.44 bits per heavy atom. The second kappa shape index (κ2) is 11.9. The van der Waals surface area contributed by atoms with Gasteiger partial charge in [-0.2, -0.15) is 0 Å². The molecule has 0 bridgehead atoms. The molecule has 0 saturated carbocycles. The number of hydrogen-bond acceptors (Lipinski definition) is 5. The standard InChI is InChI=1S/C17H35N5O3/c1-17(2,3)25-16(23)21-8-5-4-7-19-15(18)20-9-6-10-22-11-13-24-14-12-22/h4-14H2,1-3H3,(H,21,23)(H3,18,19,20). The van der Waals surface area contributed by atoms with Crippen molar-refractivity contribution in [3.8, 4) is 0 Å². The molecule has 1 aliphatic rings. The van der Waals surface area contributed by atoms with Gasteiger partial charge >= 0.3 is 6.09 Å². The third-order valence-electron chi connectivity index (χ3n) is 3.60. The summed E-state index contributed by atoms with van der Waals surface area (Å²) in [5, 5.41) is 5.83. The lowest BCUT2D eigenvalue weighted by Crippen LogP contribution is -2.37. The molecule has 0 aromatic carbocycles. The number of morpholine rings is 1. The van der Waals surface area contributed by atoms with Gasteiger partial charge in [0.25, 0.3) is 0 Å². The van der Waals surface area contributed by atoms with Crippen LogP contribution in [0.1, 0.15) is 40.0 Å². The Morgan fingerprint density at radius 2 is 1.80 bits per heavy atom. The number of ether oxygens (including phenoxy) is 2. The van der Waals surface area contributed by atoms with Crippen LogP contribution in [0.5, 0.6) is 0 Å². The van der Waals surface area contributed by atoms with E-state index in [-0.39, 0.29) is 6.09 Å². The molecular formula is C17H35N5O3. The molecule has 146 valence electrons. The van der Waals surface area contributed by atoms with Crippen molar-refractivity contribution in [3.05, 3.63) is 0 Å². The summed E-state index contributed by atoms with van der Waals surface area (Å²) in [6, 6.07) is 0. The number of nitrogens with two attached hydrogens (primary N) is 1. The molecule has 1 saturated heterocycles. The summed E-state index contributed by atoms with van der Waals surface area (Å²) in [4.78, 5) is 18.2. The first-order chi connectivity index (χ1) is 11.9. The van der Waals surface area contributed by atoms with Gasteiger partial charge in [0.1, 0.15) is 5.60 Å². The largest absolute Gasteiger partial charge is 0.444 e. The predicted octanol–water partition coefficient (Wildman–Crippen LogP) is 0.918. The van der Waals surface area contributed by atoms with Crippen LogP contribution in [0.4, 0.5) is 4.79 Å². The van der Waals surface area contributed by atoms with E-state index in [2.05, 4.69) is 20.5 Å². The maximum atomic E-state index is 11.5. The van der Waals surface area contributed by atoms with Crippen LogP contribution in [0.15, 0.2) is 4.99 Å². The maximum Gasteiger partial charge on any atom is 0.407 e. The second-order valence-electron chi connectivity index (χ2n) is 7.14. The van der Waals surface area contributed by atoms with Gasteiger partial charge in [-0.15, -0.1) is 0 Å². The summed E-state index contributed by atoms with van der Waals surface area (Å²) in [6.45, 7) is 12.3. The van der Waals surface area contributed by atoms with Crippen molar-refractivity contribution in [2.75, 3.05) is 52.5 Å². The van der Waals surface area contributed by atoms with E-state index in [1.165, 1.54) is 0 Å². The van der Waals surface area contributed by atoms with Crippen molar-refractivity contribution in [1.29, 1.82) is 0 Å². The highest BCUT2D eigenvalue weighted by Crippen LogP contribution is 2.06. The topological polar surface area (TPSA) is 101 Å². The quantitative estimate of drug-likeness (QED) is 0.322. The number of carbonyl (C=O) groups is 1. The lowest BCUT2D eigenvalue weighted by atomic mass is 10.2. The van der Waals surface area contributed by atoms with E-state index in [1.54, 1.807) is 0 Å². The van der Waals surface area contributed by atoms with E-state index in [4.69, 9.17) is 15.2 Å². The molecule has 0 spiro atoms. The van der Waals surface area contributed by atoms with Crippen LogP contribution in [0.2, 0.25) is 0 Å². The summed E-state index contributed by atoms with van der Waals surface area (Å²) in [5.74, 6) is 0.488. The summed E-state index contributed by atoms with van der Waals surface area (Å²) < 4.78 is 10.5. The average Bonchev–Trinajstić information content (AvgIpc) is 2.54. The van der Waals surface area contributed by atoms with Gasteiger partial charge in [-0.1, -0.05) is 0 Å². The molecule has 0 aliphatic carbocycles. The molecule has 0 aromatic heterocycles. The Hall–Kier alpha value is -1.54. The van der Waals surface area contributed by atoms with E-state index < -0.39 is 5.60 Å². The average molecular weight is 357 g/mol. The molecule has 0 radical (unpaired) electrons. The highest BCUT2D eigenvalue weighted by Gasteiger charge is 2.15. The van der Waals surface area contributed by atoms with Gasteiger partial charge in [-0.05, 0) is 40.0 Å². The van der Waals surface area contributed by atoms with Crippen LogP contribution in [0, 0.1) is 0 Å². The minimum Gasteiger partial charge on any atom is -0.444 e. The highest BCUT2D eigenvalue weighted by molar-refractivity contribution is 5.77. The first-order valence-electron chi connectivity index (χ1n) is 9.17. The van der Waals surface area contributed by atoms with E-state index >= 15 is 0 Å². The van der Waals surface area contributed by atoms with Gasteiger partial charge in [-0.3, -0.25) is 9.89 Å². The number of rotatable bonds is 9. The number of nitrogens with one attached hydrogen (secondary N) is 2. The van der Waals surface area contributed by atoms with E-state index in [0.29, 0.717) is 12.5 Å². The predicted molar refractivity (Wildman–Crippen MR) is 99.8 cm³/mol. The fraction of sp³-hybridized carbons (Fsp3) is 0.882. The maximum absolute atomic E-state index is 11.5. The Morgan fingerprint density at radius 1 is 1.16 bits per heavy atom. The molecule has 1 heterocycles. The zero-order valence-corrected chi connectivity index (χ0v) is 16.0. The fourth-order valence-electron chi connectivity index (χ4n) is 2.35. The van der Waals surface area contributed by atoms with Crippen molar-refractivity contribution in [1.82, 2.24) is 15.5 Å². The first-order valence-corrected chi connectivity index (χ1v) is 9.17. The summed E-state index contributed by atoms with van der Waals surface area (Å²) >= 11 is 0. The molecule has 1 rings (SSSR count). The van der Waals surface area contributed by atoms with Gasteiger partial charge in [-0.25, -0.2) is 4.79 Å². The third-order valence-corrected chi connectivity index (χ3v) is 3.60. The number of nitrogens with zero attached hydrogens (tertiary/aromatic N) is 2. The zero-order valence-electron chi connectivity index (χ0n) is 16.0. The highest BCUT2D eigenvalue weighted by atomic mass is 16.6. The fourth-order valence-corrected chi connectivity index (χ4v) is 2.35. The van der Waals surface area contributed by atoms with Crippen molar-refractivity contribution >= 4 is 12.1 Å². The molecule has 0 aromatic rings. The molecule has 8 heteroatoms. The second-order valence-corrected chi connectivity index (χ2v) is 7.14. The molecule has 25 heavy (non-hydrogen) atoms. The van der Waals surface area contributed by atoms with Crippen molar-refractivity contribution in [3.63, 3.8) is 0 Å². The van der Waals surface area contributed by atoms with Crippen LogP contribution in [0.3, 0.4) is 0 Å². The molecule has 1 aliphatic heterocycles. The lowest BCUT2D eigenvalue weighted by Gasteiger charge is -2.26. The van der Waals surface area contributed by atoms with Gasteiger partial charge in [0.2, 0.25) is 0 Å². The molecule has 4 N–H and O–H groups in total. The van der Waals surface area contributed by atoms with E-state index in [1.807, 2.05) is 20.8 Å². The van der Waals surface area contributed by atoms with Crippen LogP contribution in [-0.4, -0.2) is 75.0 Å². The van der Waals surface area contributed by atoms with E-state index in [0.717, 1.165) is 65.2 Å². The van der Waals surface area contributed by atoms with Crippen LogP contribution >= 0.6 is 0 Å². The number of hydrogen-bond donors (Lipinski definition) is 3. The molecular weight excluding hydrogens is 322 g/mol. The van der Waals surface area contributed by atoms with Gasteiger partial charge in [0.15, 0.2) is 5.96 Å². The number of guanidine groups is 1. The Kier molecular flexibility index (Phi) is 10.3. The van der Waals surface area contributed by atoms with Crippen molar-refractivity contribution in [2.24, 2.45) is 10.7 Å². The minimum absolute atomic E-state index is 0.373. The Bertz CT molecular complexity index is 404. The number of carbonyl (C=O) groups excluding carboxylic acids is 1. The van der Waals surface area contributed by atoms with Gasteiger partial charge < -0.3 is 25.8 Å². The monoisotopic (exact) mass is 357 g/mol. The summed E-state index contributed by atoms with van der Waals surface area (Å²) in [6.07, 6.45) is 2.39. The third kappa shape index (κ3) is 12.5. The Balaban J connectivity index is 1.95. The molecule has 0 atom stereocenters. The minimum atomic E-state index is -0.460. The van der Waals surface area contributed by atoms with Crippen LogP contribution in [0.25, 0.3) is 0 Å². The number of amides is 1. The molecule has 1 fully saturated rings. The smallest absolute Gasteiger partial charge is 0.407 e. The Labute approximate surface area is 151 Å². The van der Waals surface area contributed by atoms with Gasteiger partial charge in [0, 0.05) is 39.3 Å².